The largest absolute Gasteiger partial charge is 0.436 e. The summed E-state index contributed by atoms with van der Waals surface area (Å²) in [6.07, 6.45) is 0.808. The molecule has 1 atom stereocenters. The van der Waals surface area contributed by atoms with Gasteiger partial charge >= 0.3 is 0 Å². The van der Waals surface area contributed by atoms with Crippen LogP contribution in [-0.4, -0.2) is 23.1 Å². The summed E-state index contributed by atoms with van der Waals surface area (Å²) in [5.41, 5.74) is 0.552. The minimum Gasteiger partial charge on any atom is -0.436 e. The molecule has 5 nitrogen and oxygen atoms in total. The molecule has 1 aromatic carbocycles. The summed E-state index contributed by atoms with van der Waals surface area (Å²) in [5, 5.41) is 2.72. The van der Waals surface area contributed by atoms with Crippen LogP contribution in [0.2, 0.25) is 0 Å². The topological polar surface area (TPSA) is 60.5 Å². The second kappa shape index (κ2) is 8.53. The van der Waals surface area contributed by atoms with E-state index >= 15 is 0 Å². The average Bonchev–Trinajstić information content (AvgIpc) is 2.55. The number of aromatic nitrogens is 1. The van der Waals surface area contributed by atoms with Crippen LogP contribution in [0.4, 0.5) is 8.78 Å². The van der Waals surface area contributed by atoms with E-state index in [1.165, 1.54) is 12.3 Å². The molecule has 25 heavy (non-hydrogen) atoms. The summed E-state index contributed by atoms with van der Waals surface area (Å²) in [7, 11) is 0. The maximum absolute atomic E-state index is 13.7. The Bertz CT molecular complexity index is 738. The Morgan fingerprint density at radius 3 is 2.68 bits per heavy atom. The minimum absolute atomic E-state index is 0.0699. The lowest BCUT2D eigenvalue weighted by Gasteiger charge is -2.16. The fraction of sp³-hybridized carbons (Fsp3) is 0.333. The number of halogens is 2. The van der Waals surface area contributed by atoms with Gasteiger partial charge in [-0.25, -0.2) is 13.8 Å². The number of rotatable bonds is 7. The van der Waals surface area contributed by atoms with Gasteiger partial charge < -0.3 is 14.8 Å². The maximum Gasteiger partial charge on any atom is 0.249 e. The zero-order chi connectivity index (χ0) is 18.4. The molecule has 0 aliphatic carbocycles. The number of nitrogens with one attached hydrogen (secondary N) is 1. The van der Waals surface area contributed by atoms with Gasteiger partial charge in [0.2, 0.25) is 11.8 Å². The van der Waals surface area contributed by atoms with Crippen LogP contribution in [0.1, 0.15) is 26.3 Å². The van der Waals surface area contributed by atoms with Crippen molar-refractivity contribution in [1.29, 1.82) is 0 Å². The number of benzene rings is 1. The highest BCUT2D eigenvalue weighted by Gasteiger charge is 2.16. The molecular weight excluding hydrogens is 330 g/mol. The van der Waals surface area contributed by atoms with Crippen molar-refractivity contribution in [3.8, 4) is 11.6 Å². The van der Waals surface area contributed by atoms with E-state index < -0.39 is 17.7 Å². The van der Waals surface area contributed by atoms with Crippen molar-refractivity contribution >= 4 is 5.91 Å². The number of hydrogen-bond donors (Lipinski definition) is 1. The second-order valence-electron chi connectivity index (χ2n) is 5.69. The van der Waals surface area contributed by atoms with E-state index in [0.29, 0.717) is 5.56 Å². The predicted octanol–water partition coefficient (Wildman–Crippen LogP) is 3.58. The first kappa shape index (κ1) is 18.8. The second-order valence-corrected chi connectivity index (χ2v) is 5.69. The van der Waals surface area contributed by atoms with Crippen molar-refractivity contribution in [2.45, 2.75) is 39.5 Å². The van der Waals surface area contributed by atoms with Crippen LogP contribution < -0.4 is 10.1 Å². The number of carbonyl (C=O) groups excluding carboxylic acids is 1. The first-order valence-corrected chi connectivity index (χ1v) is 7.86. The van der Waals surface area contributed by atoms with Gasteiger partial charge in [-0.3, -0.25) is 4.79 Å². The molecule has 0 radical (unpaired) electrons. The molecular formula is C18H20F2N2O3. The summed E-state index contributed by atoms with van der Waals surface area (Å²) >= 11 is 0. The van der Waals surface area contributed by atoms with E-state index in [-0.39, 0.29) is 30.2 Å². The number of hydrogen-bond acceptors (Lipinski definition) is 4. The van der Waals surface area contributed by atoms with Crippen molar-refractivity contribution in [3.05, 3.63) is 53.7 Å². The molecule has 0 saturated carbocycles. The zero-order valence-corrected chi connectivity index (χ0v) is 14.3. The number of pyridine rings is 1. The summed E-state index contributed by atoms with van der Waals surface area (Å²) in [6, 6.07) is 6.36. The minimum atomic E-state index is -0.834. The number of nitrogens with zero attached hydrogens (tertiary/aromatic N) is 1. The Morgan fingerprint density at radius 1 is 1.24 bits per heavy atom. The molecule has 2 aromatic rings. The lowest BCUT2D eigenvalue weighted by molar-refractivity contribution is -0.134. The number of amides is 1. The van der Waals surface area contributed by atoms with Crippen LogP contribution in [0.25, 0.3) is 0 Å². The van der Waals surface area contributed by atoms with Gasteiger partial charge in [0.1, 0.15) is 11.9 Å². The van der Waals surface area contributed by atoms with Crippen molar-refractivity contribution < 1.29 is 23.0 Å². The molecule has 0 unspecified atom stereocenters. The van der Waals surface area contributed by atoms with Crippen LogP contribution >= 0.6 is 0 Å². The molecule has 1 N–H and O–H groups in total. The maximum atomic E-state index is 13.7. The molecule has 1 aromatic heterocycles. The van der Waals surface area contributed by atoms with E-state index in [2.05, 4.69) is 10.3 Å². The summed E-state index contributed by atoms with van der Waals surface area (Å²) < 4.78 is 37.5. The number of carbonyl (C=O) groups is 1. The monoisotopic (exact) mass is 350 g/mol. The Kier molecular flexibility index (Phi) is 6.41. The van der Waals surface area contributed by atoms with Crippen LogP contribution in [-0.2, 0) is 16.1 Å². The third-order valence-corrected chi connectivity index (χ3v) is 3.25. The third kappa shape index (κ3) is 5.49. The van der Waals surface area contributed by atoms with E-state index in [4.69, 9.17) is 9.47 Å². The molecule has 1 amide bonds. The van der Waals surface area contributed by atoms with Gasteiger partial charge in [-0.1, -0.05) is 6.07 Å². The van der Waals surface area contributed by atoms with E-state index in [1.807, 2.05) is 13.8 Å². The van der Waals surface area contributed by atoms with E-state index in [1.54, 1.807) is 19.1 Å². The SMILES string of the molecule is CC(C)O[C@@H](C)C(=O)NCc1cccnc1Oc1ccc(F)cc1F. The van der Waals surface area contributed by atoms with Crippen LogP contribution in [0.15, 0.2) is 36.5 Å². The molecule has 0 aliphatic heterocycles. The molecule has 1 heterocycles. The zero-order valence-electron chi connectivity index (χ0n) is 14.3. The Morgan fingerprint density at radius 2 is 2.00 bits per heavy atom. The first-order chi connectivity index (χ1) is 11.9. The molecule has 134 valence electrons. The quantitative estimate of drug-likeness (QED) is 0.829. The van der Waals surface area contributed by atoms with Gasteiger partial charge in [0, 0.05) is 24.4 Å². The van der Waals surface area contributed by atoms with Crippen LogP contribution in [0, 0.1) is 11.6 Å². The average molecular weight is 350 g/mol. The van der Waals surface area contributed by atoms with Gasteiger partial charge in [0.25, 0.3) is 0 Å². The van der Waals surface area contributed by atoms with Crippen molar-refractivity contribution in [3.63, 3.8) is 0 Å². The lowest BCUT2D eigenvalue weighted by atomic mass is 10.2. The van der Waals surface area contributed by atoms with Gasteiger partial charge in [-0.15, -0.1) is 0 Å². The molecule has 0 saturated heterocycles. The highest BCUT2D eigenvalue weighted by molar-refractivity contribution is 5.80. The standard InChI is InChI=1S/C18H20F2N2O3/c1-11(2)24-12(3)17(23)22-10-13-5-4-8-21-18(13)25-16-7-6-14(19)9-15(16)20/h4-9,11-12H,10H2,1-3H3,(H,22,23)/t12-/m0/s1. The van der Waals surface area contributed by atoms with Crippen molar-refractivity contribution in [2.24, 2.45) is 0 Å². The predicted molar refractivity (Wildman–Crippen MR) is 88.2 cm³/mol. The van der Waals surface area contributed by atoms with E-state index in [9.17, 15) is 13.6 Å². The fourth-order valence-corrected chi connectivity index (χ4v) is 2.11. The Balaban J connectivity index is 2.06. The highest BCUT2D eigenvalue weighted by atomic mass is 19.1. The fourth-order valence-electron chi connectivity index (χ4n) is 2.11. The Labute approximate surface area is 145 Å². The summed E-state index contributed by atoms with van der Waals surface area (Å²) in [4.78, 5) is 16.1. The van der Waals surface area contributed by atoms with Gasteiger partial charge in [0.05, 0.1) is 6.10 Å². The smallest absolute Gasteiger partial charge is 0.249 e. The van der Waals surface area contributed by atoms with Crippen molar-refractivity contribution in [1.82, 2.24) is 10.3 Å². The highest BCUT2D eigenvalue weighted by Crippen LogP contribution is 2.26. The molecule has 0 fully saturated rings. The molecule has 0 bridgehead atoms. The normalized spacial score (nSPS) is 12.1. The Hall–Kier alpha value is -2.54. The molecule has 0 spiro atoms. The lowest BCUT2D eigenvalue weighted by Crippen LogP contribution is -2.35. The van der Waals surface area contributed by atoms with E-state index in [0.717, 1.165) is 12.1 Å². The van der Waals surface area contributed by atoms with Gasteiger partial charge in [0.15, 0.2) is 11.6 Å². The van der Waals surface area contributed by atoms with Crippen molar-refractivity contribution in [2.75, 3.05) is 0 Å². The van der Waals surface area contributed by atoms with Crippen LogP contribution in [0.5, 0.6) is 11.6 Å². The van der Waals surface area contributed by atoms with Gasteiger partial charge in [-0.05, 0) is 39.0 Å². The summed E-state index contributed by atoms with van der Waals surface area (Å²) in [5.74, 6) is -1.83. The third-order valence-electron chi connectivity index (χ3n) is 3.25. The first-order valence-electron chi connectivity index (χ1n) is 7.86. The molecule has 7 heteroatoms. The molecule has 0 aliphatic rings. The number of ether oxygens (including phenoxy) is 2. The van der Waals surface area contributed by atoms with Crippen LogP contribution in [0.3, 0.4) is 0 Å². The molecule has 2 rings (SSSR count). The van der Waals surface area contributed by atoms with Gasteiger partial charge in [-0.2, -0.15) is 0 Å². The summed E-state index contributed by atoms with van der Waals surface area (Å²) in [6.45, 7) is 5.47.